The van der Waals surface area contributed by atoms with Gasteiger partial charge in [-0.15, -0.1) is 0 Å². The third-order valence-electron chi connectivity index (χ3n) is 5.78. The van der Waals surface area contributed by atoms with Gasteiger partial charge in [0.2, 0.25) is 5.91 Å². The number of carbonyl (C=O) groups is 3. The third-order valence-corrected chi connectivity index (χ3v) is 5.78. The molecule has 1 aliphatic rings. The van der Waals surface area contributed by atoms with Crippen molar-refractivity contribution in [3.05, 3.63) is 89.5 Å². The first kappa shape index (κ1) is 23.4. The van der Waals surface area contributed by atoms with E-state index < -0.39 is 5.91 Å². The molecular weight excluding hydrogens is 430 g/mol. The Morgan fingerprint density at radius 3 is 2.24 bits per heavy atom. The zero-order chi connectivity index (χ0) is 23.9. The maximum absolute atomic E-state index is 13.0. The van der Waals surface area contributed by atoms with Crippen LogP contribution in [-0.2, 0) is 16.0 Å². The summed E-state index contributed by atoms with van der Waals surface area (Å²) in [6, 6.07) is 22.4. The number of ketones is 1. The minimum absolute atomic E-state index is 0.118. The molecular formula is C27H27N3O4. The van der Waals surface area contributed by atoms with Gasteiger partial charge in [0, 0.05) is 25.1 Å². The fourth-order valence-electron chi connectivity index (χ4n) is 3.92. The van der Waals surface area contributed by atoms with Gasteiger partial charge in [0.1, 0.15) is 0 Å². The van der Waals surface area contributed by atoms with E-state index in [0.717, 1.165) is 16.7 Å². The molecule has 7 heteroatoms. The number of morpholine rings is 1. The second-order valence-corrected chi connectivity index (χ2v) is 8.22. The lowest BCUT2D eigenvalue weighted by Gasteiger charge is -2.26. The summed E-state index contributed by atoms with van der Waals surface area (Å²) < 4.78 is 5.30. The summed E-state index contributed by atoms with van der Waals surface area (Å²) >= 11 is 0. The van der Waals surface area contributed by atoms with Crippen LogP contribution in [0.15, 0.2) is 72.8 Å². The van der Waals surface area contributed by atoms with Gasteiger partial charge in [-0.1, -0.05) is 60.7 Å². The van der Waals surface area contributed by atoms with Gasteiger partial charge in [-0.2, -0.15) is 0 Å². The van der Waals surface area contributed by atoms with Crippen molar-refractivity contribution in [2.75, 3.05) is 38.2 Å². The lowest BCUT2D eigenvalue weighted by molar-refractivity contribution is -0.118. The number of anilines is 1. The van der Waals surface area contributed by atoms with Crippen molar-refractivity contribution in [3.8, 4) is 11.1 Å². The van der Waals surface area contributed by atoms with E-state index in [0.29, 0.717) is 31.9 Å². The zero-order valence-electron chi connectivity index (χ0n) is 18.8. The van der Waals surface area contributed by atoms with Gasteiger partial charge in [-0.3, -0.25) is 19.3 Å². The van der Waals surface area contributed by atoms with E-state index in [-0.39, 0.29) is 35.9 Å². The van der Waals surface area contributed by atoms with Gasteiger partial charge in [0.25, 0.3) is 5.91 Å². The largest absolute Gasteiger partial charge is 0.379 e. The molecule has 0 spiro atoms. The number of nitrogens with zero attached hydrogens (tertiary/aromatic N) is 1. The van der Waals surface area contributed by atoms with Crippen LogP contribution >= 0.6 is 0 Å². The van der Waals surface area contributed by atoms with Crippen LogP contribution < -0.4 is 11.1 Å². The maximum Gasteiger partial charge on any atom is 0.250 e. The number of amides is 2. The summed E-state index contributed by atoms with van der Waals surface area (Å²) in [6.07, 6.45) is 0.201. The molecule has 0 bridgehead atoms. The number of primary amides is 1. The number of ether oxygens (including phenoxy) is 1. The normalized spacial score (nSPS) is 13.9. The fourth-order valence-corrected chi connectivity index (χ4v) is 3.92. The number of Topliss-reactive ketones (excluding diaryl/α,β-unsaturated/α-hetero) is 1. The van der Waals surface area contributed by atoms with Gasteiger partial charge in [0.15, 0.2) is 5.78 Å². The van der Waals surface area contributed by atoms with Crippen molar-refractivity contribution < 1.29 is 19.1 Å². The molecule has 3 N–H and O–H groups in total. The molecule has 4 rings (SSSR count). The Morgan fingerprint density at radius 2 is 1.56 bits per heavy atom. The smallest absolute Gasteiger partial charge is 0.250 e. The zero-order valence-corrected chi connectivity index (χ0v) is 18.8. The summed E-state index contributed by atoms with van der Waals surface area (Å²) in [6.45, 7) is 2.66. The first-order valence-electron chi connectivity index (χ1n) is 11.2. The highest BCUT2D eigenvalue weighted by molar-refractivity contribution is 6.06. The number of hydrogen-bond donors (Lipinski definition) is 2. The van der Waals surface area contributed by atoms with E-state index >= 15 is 0 Å². The summed E-state index contributed by atoms with van der Waals surface area (Å²) in [7, 11) is 0. The Morgan fingerprint density at radius 1 is 0.882 bits per heavy atom. The molecule has 1 heterocycles. The fraction of sp³-hybridized carbons (Fsp3) is 0.222. The Balaban J connectivity index is 1.46. The topological polar surface area (TPSA) is 102 Å². The van der Waals surface area contributed by atoms with Crippen LogP contribution in [0.4, 0.5) is 5.69 Å². The second-order valence-electron chi connectivity index (χ2n) is 8.22. The van der Waals surface area contributed by atoms with Crippen LogP contribution in [0.3, 0.4) is 0 Å². The molecule has 174 valence electrons. The predicted octanol–water partition coefficient (Wildman–Crippen LogP) is 3.15. The van der Waals surface area contributed by atoms with Crippen molar-refractivity contribution >= 4 is 23.3 Å². The van der Waals surface area contributed by atoms with Crippen molar-refractivity contribution in [2.45, 2.75) is 6.42 Å². The molecule has 1 aliphatic heterocycles. The van der Waals surface area contributed by atoms with Crippen LogP contribution in [0, 0.1) is 0 Å². The molecule has 2 amide bonds. The minimum atomic E-state index is -0.669. The number of rotatable bonds is 8. The highest BCUT2D eigenvalue weighted by Gasteiger charge is 2.18. The van der Waals surface area contributed by atoms with Crippen molar-refractivity contribution in [2.24, 2.45) is 5.73 Å². The quantitative estimate of drug-likeness (QED) is 0.506. The van der Waals surface area contributed by atoms with Crippen LogP contribution in [0.5, 0.6) is 0 Å². The van der Waals surface area contributed by atoms with E-state index in [1.165, 1.54) is 12.1 Å². The number of benzene rings is 3. The molecule has 34 heavy (non-hydrogen) atoms. The molecule has 0 atom stereocenters. The van der Waals surface area contributed by atoms with Crippen LogP contribution in [0.2, 0.25) is 0 Å². The molecule has 1 fully saturated rings. The second kappa shape index (κ2) is 10.9. The van der Waals surface area contributed by atoms with Crippen molar-refractivity contribution in [1.29, 1.82) is 0 Å². The van der Waals surface area contributed by atoms with E-state index in [2.05, 4.69) is 5.32 Å². The van der Waals surface area contributed by atoms with Gasteiger partial charge in [-0.25, -0.2) is 0 Å². The lowest BCUT2D eigenvalue weighted by Crippen LogP contribution is -2.41. The Bertz CT molecular complexity index is 1170. The molecule has 0 unspecified atom stereocenters. The molecule has 7 nitrogen and oxygen atoms in total. The first-order valence-corrected chi connectivity index (χ1v) is 11.2. The molecule has 0 radical (unpaired) electrons. The number of nitrogens with one attached hydrogen (secondary N) is 1. The number of nitrogens with two attached hydrogens (primary N) is 1. The minimum Gasteiger partial charge on any atom is -0.379 e. The average Bonchev–Trinajstić information content (AvgIpc) is 2.85. The number of carbonyl (C=O) groups excluding carboxylic acids is 3. The summed E-state index contributed by atoms with van der Waals surface area (Å²) in [5.74, 6) is -1.06. The molecule has 3 aromatic carbocycles. The van der Waals surface area contributed by atoms with Crippen LogP contribution in [0.25, 0.3) is 11.1 Å². The van der Waals surface area contributed by atoms with E-state index in [4.69, 9.17) is 10.5 Å². The van der Waals surface area contributed by atoms with Crippen LogP contribution in [0.1, 0.15) is 26.3 Å². The van der Waals surface area contributed by atoms with E-state index in [1.54, 1.807) is 6.07 Å². The highest BCUT2D eigenvalue weighted by Crippen LogP contribution is 2.22. The van der Waals surface area contributed by atoms with Gasteiger partial charge < -0.3 is 15.8 Å². The molecule has 1 saturated heterocycles. The summed E-state index contributed by atoms with van der Waals surface area (Å²) in [5.41, 5.74) is 9.36. The molecule has 0 aromatic heterocycles. The van der Waals surface area contributed by atoms with Crippen molar-refractivity contribution in [1.82, 2.24) is 4.90 Å². The lowest BCUT2D eigenvalue weighted by atomic mass is 9.98. The first-order chi connectivity index (χ1) is 16.5. The van der Waals surface area contributed by atoms with E-state index in [9.17, 15) is 14.4 Å². The van der Waals surface area contributed by atoms with Gasteiger partial charge in [0.05, 0.1) is 31.0 Å². The third kappa shape index (κ3) is 5.95. The standard InChI is InChI=1S/C27H27N3O4/c28-27(33)23-11-10-22(17-24(23)29-26(32)18-30-12-14-34-15-13-30)25(31)16-19-6-8-21(9-7-19)20-4-2-1-3-5-20/h1-11,17H,12-16,18H2,(H2,28,33)(H,29,32). The van der Waals surface area contributed by atoms with Crippen molar-refractivity contribution in [3.63, 3.8) is 0 Å². The Labute approximate surface area is 198 Å². The van der Waals surface area contributed by atoms with Gasteiger partial charge >= 0.3 is 0 Å². The molecule has 0 aliphatic carbocycles. The Hall–Kier alpha value is -3.81. The van der Waals surface area contributed by atoms with Crippen LogP contribution in [-0.4, -0.2) is 55.3 Å². The molecule has 0 saturated carbocycles. The SMILES string of the molecule is NC(=O)c1ccc(C(=O)Cc2ccc(-c3ccccc3)cc2)cc1NC(=O)CN1CCOCC1. The highest BCUT2D eigenvalue weighted by atomic mass is 16.5. The summed E-state index contributed by atoms with van der Waals surface area (Å²) in [4.78, 5) is 39.3. The maximum atomic E-state index is 13.0. The molecule has 3 aromatic rings. The average molecular weight is 458 g/mol. The summed E-state index contributed by atoms with van der Waals surface area (Å²) in [5, 5.41) is 2.75. The van der Waals surface area contributed by atoms with E-state index in [1.807, 2.05) is 59.5 Å². The monoisotopic (exact) mass is 457 g/mol. The predicted molar refractivity (Wildman–Crippen MR) is 131 cm³/mol. The van der Waals surface area contributed by atoms with Gasteiger partial charge in [-0.05, 0) is 28.8 Å². The Kier molecular flexibility index (Phi) is 7.47. The number of hydrogen-bond acceptors (Lipinski definition) is 5.